The number of carbonyl (C=O) groups is 1. The molecule has 0 heterocycles. The van der Waals surface area contributed by atoms with Gasteiger partial charge in [0.25, 0.3) is 0 Å². The van der Waals surface area contributed by atoms with Gasteiger partial charge in [-0.1, -0.05) is 59.7 Å². The van der Waals surface area contributed by atoms with Gasteiger partial charge in [-0.25, -0.2) is 4.79 Å². The zero-order valence-electron chi connectivity index (χ0n) is 14.3. The number of carbonyl (C=O) groups excluding carboxylic acids is 1. The van der Waals surface area contributed by atoms with Gasteiger partial charge in [0.1, 0.15) is 0 Å². The summed E-state index contributed by atoms with van der Waals surface area (Å²) < 4.78 is 5.20. The summed E-state index contributed by atoms with van der Waals surface area (Å²) in [5, 5.41) is 1.55. The van der Waals surface area contributed by atoms with Gasteiger partial charge in [0.15, 0.2) is 0 Å². The van der Waals surface area contributed by atoms with Gasteiger partial charge in [0.2, 0.25) is 0 Å². The van der Waals surface area contributed by atoms with E-state index in [1.54, 1.807) is 12.1 Å². The molecule has 0 saturated heterocycles. The summed E-state index contributed by atoms with van der Waals surface area (Å²) in [4.78, 5) is 11.4. The first kappa shape index (κ1) is 17.7. The quantitative estimate of drug-likeness (QED) is 0.343. The fourth-order valence-electron chi connectivity index (χ4n) is 3.17. The lowest BCUT2D eigenvalue weighted by Gasteiger charge is -2.27. The van der Waals surface area contributed by atoms with E-state index in [4.69, 9.17) is 4.74 Å². The number of esters is 1. The lowest BCUT2D eigenvalue weighted by Crippen LogP contribution is -2.44. The van der Waals surface area contributed by atoms with E-state index in [0.29, 0.717) is 12.2 Å². The monoisotopic (exact) mass is 304 g/mol. The summed E-state index contributed by atoms with van der Waals surface area (Å²) in [6.45, 7) is 17.1. The number of aryl methyl sites for hydroxylation is 3. The average molecular weight is 305 g/mol. The number of hydrogen-bond acceptors (Lipinski definition) is 2. The van der Waals surface area contributed by atoms with Gasteiger partial charge in [-0.05, 0) is 34.1 Å². The molecule has 1 aromatic rings. The van der Waals surface area contributed by atoms with E-state index in [0.717, 1.165) is 12.5 Å². The Labute approximate surface area is 130 Å². The van der Waals surface area contributed by atoms with Gasteiger partial charge in [-0.15, -0.1) is 0 Å². The van der Waals surface area contributed by atoms with E-state index >= 15 is 0 Å². The maximum absolute atomic E-state index is 11.4. The van der Waals surface area contributed by atoms with E-state index in [2.05, 4.69) is 52.6 Å². The van der Waals surface area contributed by atoms with Crippen LogP contribution < -0.4 is 5.19 Å². The van der Waals surface area contributed by atoms with Gasteiger partial charge in [-0.2, -0.15) is 0 Å². The SMILES string of the molecule is C=C(C)C(=O)OCCC[Si](C)(C)c1c(C)cc(C)cc1C. The Morgan fingerprint density at radius 3 is 2.19 bits per heavy atom. The van der Waals surface area contributed by atoms with Crippen molar-refractivity contribution in [1.29, 1.82) is 0 Å². The lowest BCUT2D eigenvalue weighted by molar-refractivity contribution is -0.138. The third-order valence-electron chi connectivity index (χ3n) is 3.88. The molecule has 0 aromatic heterocycles. The second kappa shape index (κ2) is 7.08. The Balaban J connectivity index is 2.70. The molecule has 0 amide bonds. The van der Waals surface area contributed by atoms with Crippen molar-refractivity contribution in [1.82, 2.24) is 0 Å². The van der Waals surface area contributed by atoms with Crippen molar-refractivity contribution in [2.45, 2.75) is 53.3 Å². The maximum atomic E-state index is 11.4. The van der Waals surface area contributed by atoms with Crippen LogP contribution in [0.15, 0.2) is 24.3 Å². The zero-order valence-corrected chi connectivity index (χ0v) is 15.3. The number of ether oxygens (including phenoxy) is 1. The van der Waals surface area contributed by atoms with Crippen LogP contribution in [0, 0.1) is 20.8 Å². The normalized spacial score (nSPS) is 11.3. The van der Waals surface area contributed by atoms with Crippen LogP contribution in [0.5, 0.6) is 0 Å². The van der Waals surface area contributed by atoms with E-state index < -0.39 is 8.07 Å². The zero-order chi connectivity index (χ0) is 16.2. The maximum Gasteiger partial charge on any atom is 0.333 e. The Hall–Kier alpha value is -1.35. The predicted molar refractivity (Wildman–Crippen MR) is 93.0 cm³/mol. The van der Waals surface area contributed by atoms with Crippen molar-refractivity contribution in [2.75, 3.05) is 6.61 Å². The summed E-state index contributed by atoms with van der Waals surface area (Å²) in [6, 6.07) is 5.68. The molecule has 0 unspecified atom stereocenters. The minimum Gasteiger partial charge on any atom is -0.462 e. The molecule has 1 rings (SSSR count). The molecule has 3 heteroatoms. The van der Waals surface area contributed by atoms with Crippen molar-refractivity contribution in [3.8, 4) is 0 Å². The minimum atomic E-state index is -1.50. The van der Waals surface area contributed by atoms with Crippen LogP contribution in [-0.4, -0.2) is 20.7 Å². The smallest absolute Gasteiger partial charge is 0.333 e. The number of hydrogen-bond donors (Lipinski definition) is 0. The van der Waals surface area contributed by atoms with Crippen LogP contribution in [0.4, 0.5) is 0 Å². The largest absolute Gasteiger partial charge is 0.462 e. The number of benzene rings is 1. The molecular weight excluding hydrogens is 276 g/mol. The van der Waals surface area contributed by atoms with Crippen LogP contribution >= 0.6 is 0 Å². The van der Waals surface area contributed by atoms with Crippen molar-refractivity contribution in [3.63, 3.8) is 0 Å². The summed E-state index contributed by atoms with van der Waals surface area (Å²) in [7, 11) is -1.50. The molecule has 0 atom stereocenters. The molecule has 0 fully saturated rings. The second-order valence-corrected chi connectivity index (χ2v) is 11.4. The van der Waals surface area contributed by atoms with Crippen LogP contribution in [0.1, 0.15) is 30.0 Å². The molecule has 0 radical (unpaired) electrons. The van der Waals surface area contributed by atoms with Gasteiger partial charge in [-0.3, -0.25) is 0 Å². The standard InChI is InChI=1S/C18H28O2Si/c1-13(2)18(19)20-9-8-10-21(6,7)17-15(4)11-14(3)12-16(17)5/h11-12H,1,8-10H2,2-7H3. The van der Waals surface area contributed by atoms with Gasteiger partial charge < -0.3 is 4.74 Å². The molecule has 2 nitrogen and oxygen atoms in total. The summed E-state index contributed by atoms with van der Waals surface area (Å²) in [5.41, 5.74) is 4.61. The van der Waals surface area contributed by atoms with E-state index in [-0.39, 0.29) is 5.97 Å². The Bertz CT molecular complexity index is 521. The van der Waals surface area contributed by atoms with Crippen LogP contribution in [0.25, 0.3) is 0 Å². The van der Waals surface area contributed by atoms with Crippen LogP contribution in [0.2, 0.25) is 19.1 Å². The predicted octanol–water partition coefficient (Wildman–Crippen LogP) is 4.04. The fraction of sp³-hybridized carbons (Fsp3) is 0.500. The van der Waals surface area contributed by atoms with Crippen molar-refractivity contribution in [3.05, 3.63) is 41.0 Å². The molecule has 0 N–H and O–H groups in total. The first-order chi connectivity index (χ1) is 9.65. The molecule has 0 bridgehead atoms. The highest BCUT2D eigenvalue weighted by atomic mass is 28.3. The molecule has 1 aromatic carbocycles. The minimum absolute atomic E-state index is 0.280. The average Bonchev–Trinajstić information content (AvgIpc) is 2.32. The van der Waals surface area contributed by atoms with Gasteiger partial charge in [0.05, 0.1) is 14.7 Å². The highest BCUT2D eigenvalue weighted by Crippen LogP contribution is 2.18. The highest BCUT2D eigenvalue weighted by molar-refractivity contribution is 6.90. The Kier molecular flexibility index (Phi) is 5.96. The van der Waals surface area contributed by atoms with E-state index in [1.165, 1.54) is 16.7 Å². The van der Waals surface area contributed by atoms with E-state index in [9.17, 15) is 4.79 Å². The molecule has 0 saturated carbocycles. The highest BCUT2D eigenvalue weighted by Gasteiger charge is 2.26. The lowest BCUT2D eigenvalue weighted by atomic mass is 10.1. The van der Waals surface area contributed by atoms with Crippen molar-refractivity contribution < 1.29 is 9.53 Å². The summed E-state index contributed by atoms with van der Waals surface area (Å²) in [5.74, 6) is -0.280. The summed E-state index contributed by atoms with van der Waals surface area (Å²) >= 11 is 0. The third kappa shape index (κ3) is 4.85. The van der Waals surface area contributed by atoms with Crippen LogP contribution in [-0.2, 0) is 9.53 Å². The Morgan fingerprint density at radius 1 is 1.19 bits per heavy atom. The van der Waals surface area contributed by atoms with Crippen molar-refractivity contribution in [2.24, 2.45) is 0 Å². The first-order valence-electron chi connectivity index (χ1n) is 7.56. The number of rotatable bonds is 6. The Morgan fingerprint density at radius 2 is 1.71 bits per heavy atom. The van der Waals surface area contributed by atoms with Gasteiger partial charge in [0, 0.05) is 5.57 Å². The molecule has 0 aliphatic rings. The molecule has 0 aliphatic heterocycles. The fourth-order valence-corrected chi connectivity index (χ4v) is 6.73. The molecule has 21 heavy (non-hydrogen) atoms. The van der Waals surface area contributed by atoms with Crippen molar-refractivity contribution >= 4 is 19.2 Å². The second-order valence-electron chi connectivity index (χ2n) is 6.68. The molecule has 0 spiro atoms. The van der Waals surface area contributed by atoms with Crippen LogP contribution in [0.3, 0.4) is 0 Å². The van der Waals surface area contributed by atoms with E-state index in [1.807, 2.05) is 0 Å². The summed E-state index contributed by atoms with van der Waals surface area (Å²) in [6.07, 6.45) is 0.922. The first-order valence-corrected chi connectivity index (χ1v) is 10.8. The molecule has 0 aliphatic carbocycles. The van der Waals surface area contributed by atoms with Gasteiger partial charge >= 0.3 is 5.97 Å². The topological polar surface area (TPSA) is 26.3 Å². The third-order valence-corrected chi connectivity index (χ3v) is 7.63. The molecular formula is C18H28O2Si. The molecule has 116 valence electrons.